The van der Waals surface area contributed by atoms with Gasteiger partial charge in [0, 0.05) is 4.88 Å². The Hall–Kier alpha value is -2.14. The fraction of sp³-hybridized carbons (Fsp3) is 0.368. The summed E-state index contributed by atoms with van der Waals surface area (Å²) in [6.07, 6.45) is 0. The van der Waals surface area contributed by atoms with E-state index in [0.29, 0.717) is 0 Å². The van der Waals surface area contributed by atoms with Gasteiger partial charge in [0.05, 0.1) is 6.54 Å². The summed E-state index contributed by atoms with van der Waals surface area (Å²) in [5, 5.41) is 4.75. The van der Waals surface area contributed by atoms with E-state index < -0.39 is 5.54 Å². The van der Waals surface area contributed by atoms with Gasteiger partial charge in [-0.05, 0) is 34.9 Å². The maximum absolute atomic E-state index is 12.8. The first-order chi connectivity index (χ1) is 11.2. The zero-order chi connectivity index (χ0) is 17.5. The molecule has 2 aromatic rings. The lowest BCUT2D eigenvalue weighted by Crippen LogP contribution is -2.40. The van der Waals surface area contributed by atoms with Crippen molar-refractivity contribution in [3.63, 3.8) is 0 Å². The molecule has 2 heterocycles. The number of nitrogens with zero attached hydrogens (tertiary/aromatic N) is 1. The quantitative estimate of drug-likeness (QED) is 0.857. The number of carbonyl (C=O) groups is 2. The van der Waals surface area contributed by atoms with Crippen molar-refractivity contribution in [2.45, 2.75) is 45.2 Å². The van der Waals surface area contributed by atoms with E-state index in [4.69, 9.17) is 0 Å². The summed E-state index contributed by atoms with van der Waals surface area (Å²) >= 11 is 1.48. The molecule has 0 unspecified atom stereocenters. The third-order valence-electron chi connectivity index (χ3n) is 4.45. The molecule has 0 radical (unpaired) electrons. The normalized spacial score (nSPS) is 21.2. The number of thiophene rings is 1. The van der Waals surface area contributed by atoms with Crippen molar-refractivity contribution < 1.29 is 9.59 Å². The molecule has 3 amide bonds. The Morgan fingerprint density at radius 1 is 1.12 bits per heavy atom. The summed E-state index contributed by atoms with van der Waals surface area (Å²) in [4.78, 5) is 27.3. The molecule has 1 aromatic heterocycles. The first-order valence-electron chi connectivity index (χ1n) is 7.99. The molecule has 1 fully saturated rings. The van der Waals surface area contributed by atoms with Crippen molar-refractivity contribution in [1.82, 2.24) is 10.2 Å². The summed E-state index contributed by atoms with van der Waals surface area (Å²) in [6.45, 7) is 8.53. The number of hydrogen-bond donors (Lipinski definition) is 1. The molecule has 4 nitrogen and oxygen atoms in total. The second kappa shape index (κ2) is 5.74. The van der Waals surface area contributed by atoms with E-state index in [1.807, 2.05) is 29.6 Å². The molecule has 1 aliphatic rings. The maximum Gasteiger partial charge on any atom is 0.325 e. The van der Waals surface area contributed by atoms with E-state index in [9.17, 15) is 9.59 Å². The fourth-order valence-electron chi connectivity index (χ4n) is 2.86. The van der Waals surface area contributed by atoms with Crippen LogP contribution in [0.5, 0.6) is 0 Å². The Labute approximate surface area is 146 Å². The van der Waals surface area contributed by atoms with Crippen LogP contribution in [0.3, 0.4) is 0 Å². The standard InChI is InChI=1S/C19H22N2O2S/c1-18(2,3)14-9-7-13(8-10-14)12-21-16(22)19(4,20-17(21)23)15-6-5-11-24-15/h5-11H,12H2,1-4H3,(H,20,23)/t19-/m1/s1. The van der Waals surface area contributed by atoms with Gasteiger partial charge < -0.3 is 5.32 Å². The van der Waals surface area contributed by atoms with Crippen molar-refractivity contribution in [3.8, 4) is 0 Å². The average Bonchev–Trinajstić information content (AvgIpc) is 3.12. The van der Waals surface area contributed by atoms with Crippen LogP contribution in [0.4, 0.5) is 4.79 Å². The molecule has 3 rings (SSSR count). The van der Waals surface area contributed by atoms with E-state index in [-0.39, 0.29) is 23.9 Å². The topological polar surface area (TPSA) is 49.4 Å². The highest BCUT2D eigenvalue weighted by Gasteiger charge is 2.49. The Morgan fingerprint density at radius 2 is 1.79 bits per heavy atom. The number of carbonyl (C=O) groups excluding carboxylic acids is 2. The minimum atomic E-state index is -0.962. The minimum absolute atomic E-state index is 0.0805. The highest BCUT2D eigenvalue weighted by Crippen LogP contribution is 2.32. The van der Waals surface area contributed by atoms with Crippen molar-refractivity contribution in [1.29, 1.82) is 0 Å². The third kappa shape index (κ3) is 2.84. The van der Waals surface area contributed by atoms with Crippen molar-refractivity contribution >= 4 is 23.3 Å². The average molecular weight is 342 g/mol. The first kappa shape index (κ1) is 16.7. The van der Waals surface area contributed by atoms with E-state index in [1.54, 1.807) is 6.92 Å². The van der Waals surface area contributed by atoms with Crippen molar-refractivity contribution in [2.24, 2.45) is 0 Å². The van der Waals surface area contributed by atoms with Crippen molar-refractivity contribution in [2.75, 3.05) is 0 Å². The number of amides is 3. The molecule has 126 valence electrons. The maximum atomic E-state index is 12.8. The second-order valence-electron chi connectivity index (χ2n) is 7.37. The first-order valence-corrected chi connectivity index (χ1v) is 8.87. The van der Waals surface area contributed by atoms with Crippen LogP contribution < -0.4 is 5.32 Å². The highest BCUT2D eigenvalue weighted by atomic mass is 32.1. The smallest absolute Gasteiger partial charge is 0.319 e. The number of nitrogens with one attached hydrogen (secondary N) is 1. The molecule has 1 aromatic carbocycles. The van der Waals surface area contributed by atoms with Gasteiger partial charge in [-0.1, -0.05) is 51.1 Å². The molecule has 1 N–H and O–H groups in total. The molecule has 0 aliphatic carbocycles. The summed E-state index contributed by atoms with van der Waals surface area (Å²) in [5.74, 6) is -0.199. The number of rotatable bonds is 3. The molecule has 5 heteroatoms. The van der Waals surface area contributed by atoms with Crippen LogP contribution in [-0.2, 0) is 22.3 Å². The molecular weight excluding hydrogens is 320 g/mol. The van der Waals surface area contributed by atoms with Gasteiger partial charge >= 0.3 is 6.03 Å². The predicted octanol–water partition coefficient (Wildman–Crippen LogP) is 4.01. The Balaban J connectivity index is 1.81. The van der Waals surface area contributed by atoms with Crippen LogP contribution in [0.1, 0.15) is 43.7 Å². The van der Waals surface area contributed by atoms with E-state index >= 15 is 0 Å². The van der Waals surface area contributed by atoms with E-state index in [0.717, 1.165) is 10.4 Å². The fourth-order valence-corrected chi connectivity index (χ4v) is 3.70. The molecular formula is C19H22N2O2S. The highest BCUT2D eigenvalue weighted by molar-refractivity contribution is 7.10. The zero-order valence-corrected chi connectivity index (χ0v) is 15.2. The summed E-state index contributed by atoms with van der Waals surface area (Å²) < 4.78 is 0. The molecule has 1 atom stereocenters. The number of imide groups is 1. The van der Waals surface area contributed by atoms with Gasteiger partial charge in [-0.3, -0.25) is 9.69 Å². The predicted molar refractivity (Wildman–Crippen MR) is 95.9 cm³/mol. The number of benzene rings is 1. The molecule has 0 bridgehead atoms. The van der Waals surface area contributed by atoms with Gasteiger partial charge in [-0.15, -0.1) is 11.3 Å². The van der Waals surface area contributed by atoms with Gasteiger partial charge in [-0.25, -0.2) is 4.79 Å². The molecule has 24 heavy (non-hydrogen) atoms. The van der Waals surface area contributed by atoms with Gasteiger partial charge in [-0.2, -0.15) is 0 Å². The monoisotopic (exact) mass is 342 g/mol. The second-order valence-corrected chi connectivity index (χ2v) is 8.32. The molecule has 0 saturated carbocycles. The Morgan fingerprint density at radius 3 is 2.33 bits per heavy atom. The van der Waals surface area contributed by atoms with Crippen molar-refractivity contribution in [3.05, 3.63) is 57.8 Å². The SMILES string of the molecule is CC(C)(C)c1ccc(CN2C(=O)N[C@](C)(c3cccs3)C2=O)cc1. The summed E-state index contributed by atoms with van der Waals surface area (Å²) in [5.41, 5.74) is 1.29. The minimum Gasteiger partial charge on any atom is -0.319 e. The molecule has 1 saturated heterocycles. The number of urea groups is 1. The van der Waals surface area contributed by atoms with Gasteiger partial charge in [0.15, 0.2) is 5.54 Å². The lowest BCUT2D eigenvalue weighted by molar-refractivity contribution is -0.131. The van der Waals surface area contributed by atoms with Crippen LogP contribution >= 0.6 is 11.3 Å². The summed E-state index contributed by atoms with van der Waals surface area (Å²) in [6, 6.07) is 11.5. The van der Waals surface area contributed by atoms with Gasteiger partial charge in [0.2, 0.25) is 0 Å². The Kier molecular flexibility index (Phi) is 4.00. The van der Waals surface area contributed by atoms with Crippen LogP contribution in [-0.4, -0.2) is 16.8 Å². The van der Waals surface area contributed by atoms with Crippen LogP contribution in [0, 0.1) is 0 Å². The zero-order valence-electron chi connectivity index (χ0n) is 14.4. The molecule has 1 aliphatic heterocycles. The largest absolute Gasteiger partial charge is 0.325 e. The van der Waals surface area contributed by atoms with Crippen LogP contribution in [0.15, 0.2) is 41.8 Å². The molecule has 0 spiro atoms. The van der Waals surface area contributed by atoms with E-state index in [1.165, 1.54) is 21.8 Å². The lowest BCUT2D eigenvalue weighted by atomic mass is 9.87. The third-order valence-corrected chi connectivity index (χ3v) is 5.54. The van der Waals surface area contributed by atoms with Crippen LogP contribution in [0.2, 0.25) is 0 Å². The lowest BCUT2D eigenvalue weighted by Gasteiger charge is -2.21. The number of hydrogen-bond acceptors (Lipinski definition) is 3. The van der Waals surface area contributed by atoms with Gasteiger partial charge in [0.25, 0.3) is 5.91 Å². The van der Waals surface area contributed by atoms with Gasteiger partial charge in [0.1, 0.15) is 0 Å². The van der Waals surface area contributed by atoms with E-state index in [2.05, 4.69) is 38.2 Å². The summed E-state index contributed by atoms with van der Waals surface area (Å²) in [7, 11) is 0. The van der Waals surface area contributed by atoms with Crippen LogP contribution in [0.25, 0.3) is 0 Å². The Bertz CT molecular complexity index is 760.